The van der Waals surface area contributed by atoms with Crippen LogP contribution in [0.2, 0.25) is 0 Å². The first-order valence-electron chi connectivity index (χ1n) is 16.3. The van der Waals surface area contributed by atoms with Crippen LogP contribution in [0.1, 0.15) is 55.7 Å². The molecule has 0 radical (unpaired) electrons. The summed E-state index contributed by atoms with van der Waals surface area (Å²) in [5.74, 6) is 1.43. The Morgan fingerprint density at radius 1 is 1.02 bits per heavy atom. The van der Waals surface area contributed by atoms with Gasteiger partial charge in [-0.2, -0.15) is 10.2 Å². The highest BCUT2D eigenvalue weighted by molar-refractivity contribution is 7.47. The van der Waals surface area contributed by atoms with E-state index in [1.165, 1.54) is 4.57 Å². The maximum Gasteiger partial charge on any atom is 0.349 e. The Morgan fingerprint density at radius 2 is 1.71 bits per heavy atom. The number of benzene rings is 2. The number of nitrogens with zero attached hydrogens (tertiary/aromatic N) is 3. The van der Waals surface area contributed by atoms with Crippen molar-refractivity contribution in [3.8, 4) is 17.6 Å². The van der Waals surface area contributed by atoms with Crippen molar-refractivity contribution in [2.75, 3.05) is 33.6 Å². The van der Waals surface area contributed by atoms with Gasteiger partial charge in [0.15, 0.2) is 8.38 Å². The third-order valence-electron chi connectivity index (χ3n) is 8.70. The lowest BCUT2D eigenvalue weighted by atomic mass is 9.73. The van der Waals surface area contributed by atoms with Crippen LogP contribution in [-0.2, 0) is 24.1 Å². The molecule has 0 N–H and O–H groups in total. The Kier molecular flexibility index (Phi) is 12.6. The summed E-state index contributed by atoms with van der Waals surface area (Å²) in [7, 11) is 2.04. The lowest BCUT2D eigenvalue weighted by Gasteiger charge is -2.44. The maximum atomic E-state index is 12.9. The number of rotatable bonds is 15. The molecule has 1 saturated heterocycles. The Bertz CT molecular complexity index is 1590. The van der Waals surface area contributed by atoms with Crippen molar-refractivity contribution in [3.05, 3.63) is 112 Å². The largest absolute Gasteiger partial charge is 0.497 e. The summed E-state index contributed by atoms with van der Waals surface area (Å²) in [4.78, 5) is 17.1. The van der Waals surface area contributed by atoms with Gasteiger partial charge in [-0.1, -0.05) is 55.5 Å². The van der Waals surface area contributed by atoms with E-state index in [9.17, 15) is 4.79 Å². The molecule has 1 aliphatic heterocycles. The normalized spacial score (nSPS) is 21.4. The standard InChI is InChI=1S/C37H44N3O7P/c1-5-48(45-25-9-23-38)47-33-20-21-35(40-24-22-27(2)39-36(40)41)46-34(33)26-44-37(28-10-7-6-8-11-28,29-12-16-31(42-3)17-13-29)30-14-18-32(43-4)19-15-30/h6-8,10,12-19,22,24,28,33-35H,5,9,11,20-21,25-26H2,1-4H3. The van der Waals surface area contributed by atoms with Crippen LogP contribution >= 0.6 is 8.38 Å². The summed E-state index contributed by atoms with van der Waals surface area (Å²) in [5.41, 5.74) is 1.27. The lowest BCUT2D eigenvalue weighted by Crippen LogP contribution is -2.47. The zero-order chi connectivity index (χ0) is 33.9. The fourth-order valence-corrected chi connectivity index (χ4v) is 7.45. The number of ether oxygens (including phenoxy) is 4. The van der Waals surface area contributed by atoms with Gasteiger partial charge in [0, 0.05) is 24.0 Å². The van der Waals surface area contributed by atoms with Gasteiger partial charge in [0.25, 0.3) is 0 Å². The molecule has 2 aliphatic rings. The van der Waals surface area contributed by atoms with Crippen molar-refractivity contribution < 1.29 is 28.0 Å². The molecule has 1 aromatic heterocycles. The van der Waals surface area contributed by atoms with Crippen LogP contribution in [0.15, 0.2) is 89.9 Å². The van der Waals surface area contributed by atoms with Crippen LogP contribution in [0.3, 0.4) is 0 Å². The van der Waals surface area contributed by atoms with Gasteiger partial charge in [-0.25, -0.2) is 4.79 Å². The van der Waals surface area contributed by atoms with Crippen molar-refractivity contribution in [2.45, 2.75) is 63.6 Å². The van der Waals surface area contributed by atoms with E-state index in [1.807, 2.05) is 55.5 Å². The Hall–Kier alpha value is -3.84. The summed E-state index contributed by atoms with van der Waals surface area (Å²) in [6.07, 6.45) is 11.6. The van der Waals surface area contributed by atoms with Crippen LogP contribution in [0, 0.1) is 24.2 Å². The van der Waals surface area contributed by atoms with Gasteiger partial charge < -0.3 is 28.0 Å². The topological polar surface area (TPSA) is 114 Å². The van der Waals surface area contributed by atoms with E-state index in [2.05, 4.69) is 35.4 Å². The van der Waals surface area contributed by atoms with E-state index >= 15 is 0 Å². The lowest BCUT2D eigenvalue weighted by molar-refractivity contribution is -0.183. The van der Waals surface area contributed by atoms with Gasteiger partial charge in [-0.3, -0.25) is 4.57 Å². The fraction of sp³-hybridized carbons (Fsp3) is 0.432. The summed E-state index contributed by atoms with van der Waals surface area (Å²) < 4.78 is 39.1. The summed E-state index contributed by atoms with van der Waals surface area (Å²) in [6.45, 7) is 4.26. The quantitative estimate of drug-likeness (QED) is 0.124. The molecule has 254 valence electrons. The molecule has 10 nitrogen and oxygen atoms in total. The van der Waals surface area contributed by atoms with Gasteiger partial charge in [-0.15, -0.1) is 0 Å². The fourth-order valence-electron chi connectivity index (χ4n) is 6.22. The van der Waals surface area contributed by atoms with Gasteiger partial charge >= 0.3 is 5.69 Å². The van der Waals surface area contributed by atoms with Crippen LogP contribution in [0.25, 0.3) is 0 Å². The highest BCUT2D eigenvalue weighted by Crippen LogP contribution is 2.47. The number of nitriles is 1. The highest BCUT2D eigenvalue weighted by Gasteiger charge is 2.45. The molecule has 1 fully saturated rings. The third-order valence-corrected chi connectivity index (χ3v) is 10.2. The molecule has 0 amide bonds. The average molecular weight is 674 g/mol. The SMILES string of the molecule is CCP(OCCC#N)OC1CCC(n2ccc(C)nc2=O)OC1COC(c1ccc(OC)cc1)(c1ccc(OC)cc1)C1C=CC=CC1. The molecule has 0 bridgehead atoms. The molecule has 5 atom stereocenters. The average Bonchev–Trinajstić information content (AvgIpc) is 3.13. The van der Waals surface area contributed by atoms with Crippen LogP contribution in [0.4, 0.5) is 0 Å². The first-order chi connectivity index (χ1) is 23.4. The number of hydrogen-bond acceptors (Lipinski definition) is 9. The monoisotopic (exact) mass is 673 g/mol. The van der Waals surface area contributed by atoms with E-state index < -0.39 is 26.3 Å². The molecule has 0 spiro atoms. The van der Waals surface area contributed by atoms with Crippen molar-refractivity contribution in [1.82, 2.24) is 9.55 Å². The molecule has 5 rings (SSSR count). The number of aromatic nitrogens is 2. The minimum atomic E-state index is -1.26. The molecule has 0 saturated carbocycles. The number of allylic oxidation sites excluding steroid dienone is 3. The zero-order valence-electron chi connectivity index (χ0n) is 28.0. The third kappa shape index (κ3) is 8.23. The highest BCUT2D eigenvalue weighted by atomic mass is 31.2. The molecule has 5 unspecified atom stereocenters. The van der Waals surface area contributed by atoms with E-state index in [1.54, 1.807) is 33.4 Å². The van der Waals surface area contributed by atoms with Gasteiger partial charge in [0.2, 0.25) is 0 Å². The van der Waals surface area contributed by atoms with Crippen molar-refractivity contribution in [1.29, 1.82) is 5.26 Å². The van der Waals surface area contributed by atoms with E-state index in [0.717, 1.165) is 29.0 Å². The first-order valence-corrected chi connectivity index (χ1v) is 17.7. The number of aryl methyl sites for hydroxylation is 1. The van der Waals surface area contributed by atoms with Gasteiger partial charge in [0.1, 0.15) is 29.4 Å². The van der Waals surface area contributed by atoms with Crippen LogP contribution < -0.4 is 15.2 Å². The second kappa shape index (κ2) is 17.0. The predicted octanol–water partition coefficient (Wildman–Crippen LogP) is 6.99. The minimum absolute atomic E-state index is 0.0611. The summed E-state index contributed by atoms with van der Waals surface area (Å²) in [6, 6.07) is 19.9. The van der Waals surface area contributed by atoms with E-state index in [-0.39, 0.29) is 30.7 Å². The smallest absolute Gasteiger partial charge is 0.349 e. The molecular formula is C37H44N3O7P. The molecule has 3 aromatic rings. The van der Waals surface area contributed by atoms with E-state index in [4.69, 9.17) is 33.3 Å². The molecule has 2 heterocycles. The number of hydrogen-bond donors (Lipinski definition) is 0. The van der Waals surface area contributed by atoms with Gasteiger partial charge in [-0.05, 0) is 67.6 Å². The summed E-state index contributed by atoms with van der Waals surface area (Å²) >= 11 is 0. The zero-order valence-corrected chi connectivity index (χ0v) is 28.9. The molecular weight excluding hydrogens is 629 g/mol. The van der Waals surface area contributed by atoms with Crippen LogP contribution in [0.5, 0.6) is 11.5 Å². The Balaban J connectivity index is 1.54. The first kappa shape index (κ1) is 35.5. The van der Waals surface area contributed by atoms with Crippen LogP contribution in [-0.4, -0.2) is 55.4 Å². The van der Waals surface area contributed by atoms with Crippen molar-refractivity contribution in [3.63, 3.8) is 0 Å². The predicted molar refractivity (Wildman–Crippen MR) is 184 cm³/mol. The maximum absolute atomic E-state index is 12.9. The summed E-state index contributed by atoms with van der Waals surface area (Å²) in [5, 5.41) is 9.04. The van der Waals surface area contributed by atoms with Crippen molar-refractivity contribution in [2.24, 2.45) is 5.92 Å². The molecule has 11 heteroatoms. The minimum Gasteiger partial charge on any atom is -0.497 e. The molecule has 1 aliphatic carbocycles. The number of methoxy groups -OCH3 is 2. The second-order valence-electron chi connectivity index (χ2n) is 11.7. The molecule has 48 heavy (non-hydrogen) atoms. The van der Waals surface area contributed by atoms with Crippen molar-refractivity contribution >= 4 is 8.38 Å². The Labute approximate surface area is 283 Å². The van der Waals surface area contributed by atoms with E-state index in [0.29, 0.717) is 31.3 Å². The van der Waals surface area contributed by atoms with Gasteiger partial charge in [0.05, 0.1) is 46.0 Å². The molecule has 2 aromatic carbocycles. The second-order valence-corrected chi connectivity index (χ2v) is 13.4. The Morgan fingerprint density at radius 3 is 2.27 bits per heavy atom.